The first kappa shape index (κ1) is 15.3. The van der Waals surface area contributed by atoms with Gasteiger partial charge in [0.05, 0.1) is 9.88 Å². The molecule has 1 saturated heterocycles. The summed E-state index contributed by atoms with van der Waals surface area (Å²) in [7, 11) is 0. The Morgan fingerprint density at radius 1 is 1.26 bits per heavy atom. The average Bonchev–Trinajstić information content (AvgIpc) is 3.14. The molecule has 0 unspecified atom stereocenters. The number of hydrogen-bond donors (Lipinski definition) is 0. The van der Waals surface area contributed by atoms with Gasteiger partial charge in [-0.3, -0.25) is 9.69 Å². The van der Waals surface area contributed by atoms with E-state index in [0.717, 1.165) is 49.9 Å². The summed E-state index contributed by atoms with van der Waals surface area (Å²) in [4.78, 5) is 23.7. The van der Waals surface area contributed by atoms with Gasteiger partial charge in [0.25, 0.3) is 5.91 Å². The fraction of sp³-hybridized carbons (Fsp3) is 0.529. The molecule has 0 radical (unpaired) electrons. The van der Waals surface area contributed by atoms with Gasteiger partial charge in [-0.25, -0.2) is 4.98 Å². The number of hydrogen-bond acceptors (Lipinski definition) is 5. The summed E-state index contributed by atoms with van der Waals surface area (Å²) >= 11 is 3.41. The molecule has 23 heavy (non-hydrogen) atoms. The van der Waals surface area contributed by atoms with Crippen molar-refractivity contribution in [2.45, 2.75) is 31.7 Å². The number of amides is 1. The Hall–Kier alpha value is -1.24. The molecule has 1 amide bonds. The SMILES string of the molecule is O=C(c1cccs1)N1CCCN(Cc2cnc(C3CC3)s2)CC1. The van der Waals surface area contributed by atoms with Crippen LogP contribution in [0.1, 0.15) is 44.7 Å². The Balaban J connectivity index is 1.34. The molecule has 2 aromatic heterocycles. The summed E-state index contributed by atoms with van der Waals surface area (Å²) in [5, 5.41) is 3.29. The maximum absolute atomic E-state index is 12.5. The van der Waals surface area contributed by atoms with Gasteiger partial charge in [0.15, 0.2) is 0 Å². The van der Waals surface area contributed by atoms with Gasteiger partial charge in [0.2, 0.25) is 0 Å². The minimum absolute atomic E-state index is 0.190. The van der Waals surface area contributed by atoms with Crippen molar-refractivity contribution in [1.29, 1.82) is 0 Å². The minimum atomic E-state index is 0.190. The van der Waals surface area contributed by atoms with Crippen LogP contribution in [0.5, 0.6) is 0 Å². The van der Waals surface area contributed by atoms with E-state index in [1.165, 1.54) is 34.1 Å². The third-order valence-corrected chi connectivity index (χ3v) is 6.49. The van der Waals surface area contributed by atoms with E-state index < -0.39 is 0 Å². The van der Waals surface area contributed by atoms with Crippen LogP contribution < -0.4 is 0 Å². The lowest BCUT2D eigenvalue weighted by Gasteiger charge is -2.21. The Kier molecular flexibility index (Phi) is 4.46. The van der Waals surface area contributed by atoms with E-state index in [-0.39, 0.29) is 5.91 Å². The first-order valence-electron chi connectivity index (χ1n) is 8.29. The molecule has 1 aliphatic heterocycles. The van der Waals surface area contributed by atoms with Gasteiger partial charge in [-0.2, -0.15) is 0 Å². The number of carbonyl (C=O) groups is 1. The van der Waals surface area contributed by atoms with Crippen molar-refractivity contribution < 1.29 is 4.79 Å². The third-order valence-electron chi connectivity index (χ3n) is 4.49. The Bertz CT molecular complexity index is 663. The summed E-state index contributed by atoms with van der Waals surface area (Å²) in [6.45, 7) is 4.68. The lowest BCUT2D eigenvalue weighted by Crippen LogP contribution is -2.34. The number of thiophene rings is 1. The van der Waals surface area contributed by atoms with Crippen molar-refractivity contribution in [3.05, 3.63) is 38.5 Å². The summed E-state index contributed by atoms with van der Waals surface area (Å²) in [5.74, 6) is 0.937. The van der Waals surface area contributed by atoms with Gasteiger partial charge < -0.3 is 4.90 Å². The second kappa shape index (κ2) is 6.71. The molecular weight excluding hydrogens is 326 g/mol. The second-order valence-corrected chi connectivity index (χ2v) is 8.43. The average molecular weight is 348 g/mol. The highest BCUT2D eigenvalue weighted by Gasteiger charge is 2.27. The molecule has 122 valence electrons. The van der Waals surface area contributed by atoms with Gasteiger partial charge in [0.1, 0.15) is 0 Å². The number of thiazole rings is 1. The van der Waals surface area contributed by atoms with E-state index >= 15 is 0 Å². The standard InChI is InChI=1S/C17H21N3OS2/c21-17(15-3-1-10-22-15)20-7-2-6-19(8-9-20)12-14-11-18-16(23-14)13-4-5-13/h1,3,10-11,13H,2,4-9,12H2. The highest BCUT2D eigenvalue weighted by Crippen LogP contribution is 2.41. The van der Waals surface area contributed by atoms with E-state index in [0.29, 0.717) is 0 Å². The fourth-order valence-corrected chi connectivity index (χ4v) is 4.84. The van der Waals surface area contributed by atoms with Crippen LogP contribution in [0.15, 0.2) is 23.7 Å². The molecule has 0 atom stereocenters. The normalized spacial score (nSPS) is 19.7. The number of rotatable bonds is 4. The van der Waals surface area contributed by atoms with Crippen LogP contribution in [-0.2, 0) is 6.54 Å². The molecule has 1 saturated carbocycles. The molecule has 2 aliphatic rings. The highest BCUT2D eigenvalue weighted by atomic mass is 32.1. The predicted octanol–water partition coefficient (Wildman–Crippen LogP) is 3.43. The van der Waals surface area contributed by atoms with Crippen molar-refractivity contribution in [1.82, 2.24) is 14.8 Å². The van der Waals surface area contributed by atoms with E-state index in [1.54, 1.807) is 0 Å². The van der Waals surface area contributed by atoms with Gasteiger partial charge in [-0.05, 0) is 30.7 Å². The summed E-state index contributed by atoms with van der Waals surface area (Å²) < 4.78 is 0. The summed E-state index contributed by atoms with van der Waals surface area (Å²) in [6.07, 6.45) is 5.73. The van der Waals surface area contributed by atoms with Gasteiger partial charge in [-0.1, -0.05) is 6.07 Å². The Morgan fingerprint density at radius 3 is 2.96 bits per heavy atom. The van der Waals surface area contributed by atoms with Crippen LogP contribution in [0.2, 0.25) is 0 Å². The van der Waals surface area contributed by atoms with Gasteiger partial charge in [-0.15, -0.1) is 22.7 Å². The molecule has 4 nitrogen and oxygen atoms in total. The molecule has 4 rings (SSSR count). The maximum Gasteiger partial charge on any atom is 0.263 e. The Labute approximate surface area is 144 Å². The number of aromatic nitrogens is 1. The molecule has 1 aliphatic carbocycles. The monoisotopic (exact) mass is 347 g/mol. The maximum atomic E-state index is 12.5. The zero-order valence-electron chi connectivity index (χ0n) is 13.1. The van der Waals surface area contributed by atoms with Crippen LogP contribution in [0.4, 0.5) is 0 Å². The molecular formula is C17H21N3OS2. The van der Waals surface area contributed by atoms with Crippen LogP contribution in [0, 0.1) is 0 Å². The quantitative estimate of drug-likeness (QED) is 0.850. The fourth-order valence-electron chi connectivity index (χ4n) is 3.02. The van der Waals surface area contributed by atoms with Crippen LogP contribution in [0.3, 0.4) is 0 Å². The van der Waals surface area contributed by atoms with Crippen molar-refractivity contribution in [3.8, 4) is 0 Å². The molecule has 0 N–H and O–H groups in total. The van der Waals surface area contributed by atoms with E-state index in [2.05, 4.69) is 16.1 Å². The minimum Gasteiger partial charge on any atom is -0.337 e. The van der Waals surface area contributed by atoms with Gasteiger partial charge in [0, 0.05) is 49.7 Å². The molecule has 2 fully saturated rings. The second-order valence-electron chi connectivity index (χ2n) is 6.34. The van der Waals surface area contributed by atoms with Crippen LogP contribution >= 0.6 is 22.7 Å². The molecule has 0 aromatic carbocycles. The zero-order chi connectivity index (χ0) is 15.6. The zero-order valence-corrected chi connectivity index (χ0v) is 14.7. The largest absolute Gasteiger partial charge is 0.337 e. The van der Waals surface area contributed by atoms with Crippen molar-refractivity contribution >= 4 is 28.6 Å². The molecule has 6 heteroatoms. The highest BCUT2D eigenvalue weighted by molar-refractivity contribution is 7.12. The molecule has 0 spiro atoms. The molecule has 3 heterocycles. The van der Waals surface area contributed by atoms with Crippen molar-refractivity contribution in [2.75, 3.05) is 26.2 Å². The first-order valence-corrected chi connectivity index (χ1v) is 9.99. The smallest absolute Gasteiger partial charge is 0.263 e. The topological polar surface area (TPSA) is 36.4 Å². The van der Waals surface area contributed by atoms with Crippen LogP contribution in [-0.4, -0.2) is 46.9 Å². The van der Waals surface area contributed by atoms with E-state index in [1.807, 2.05) is 33.7 Å². The van der Waals surface area contributed by atoms with E-state index in [9.17, 15) is 4.79 Å². The number of carbonyl (C=O) groups excluding carboxylic acids is 1. The van der Waals surface area contributed by atoms with Gasteiger partial charge >= 0.3 is 0 Å². The van der Waals surface area contributed by atoms with Crippen molar-refractivity contribution in [2.24, 2.45) is 0 Å². The summed E-state index contributed by atoms with van der Waals surface area (Å²) in [5.41, 5.74) is 0. The number of nitrogens with zero attached hydrogens (tertiary/aromatic N) is 3. The van der Waals surface area contributed by atoms with Crippen molar-refractivity contribution in [3.63, 3.8) is 0 Å². The van der Waals surface area contributed by atoms with E-state index in [4.69, 9.17) is 0 Å². The lowest BCUT2D eigenvalue weighted by atomic mass is 10.3. The molecule has 2 aromatic rings. The molecule has 0 bridgehead atoms. The lowest BCUT2D eigenvalue weighted by molar-refractivity contribution is 0.0766. The predicted molar refractivity (Wildman–Crippen MR) is 94.2 cm³/mol. The third kappa shape index (κ3) is 3.65. The first-order chi connectivity index (χ1) is 11.3. The van der Waals surface area contributed by atoms with Crippen LogP contribution in [0.25, 0.3) is 0 Å². The summed E-state index contributed by atoms with van der Waals surface area (Å²) in [6, 6.07) is 3.87. The Morgan fingerprint density at radius 2 is 2.17 bits per heavy atom.